The number of benzene rings is 2. The molecule has 2 aliphatic carbocycles. The van der Waals surface area contributed by atoms with Gasteiger partial charge in [0, 0.05) is 18.4 Å². The molecule has 1 fully saturated rings. The highest BCUT2D eigenvalue weighted by Crippen LogP contribution is 2.44. The minimum absolute atomic E-state index is 0.0503. The van der Waals surface area contributed by atoms with Crippen LogP contribution in [0.1, 0.15) is 46.8 Å². The number of ether oxygens (including phenoxy) is 1. The summed E-state index contributed by atoms with van der Waals surface area (Å²) >= 11 is 0. The van der Waals surface area contributed by atoms with E-state index < -0.39 is 12.1 Å². The summed E-state index contributed by atoms with van der Waals surface area (Å²) in [5, 5.41) is 14.3. The van der Waals surface area contributed by atoms with Crippen LogP contribution < -0.4 is 10.6 Å². The van der Waals surface area contributed by atoms with Crippen molar-refractivity contribution in [1.29, 1.82) is 0 Å². The molecule has 178 valence electrons. The van der Waals surface area contributed by atoms with E-state index in [1.165, 1.54) is 0 Å². The van der Waals surface area contributed by atoms with Gasteiger partial charge in [-0.3, -0.25) is 14.9 Å². The summed E-state index contributed by atoms with van der Waals surface area (Å²) < 4.78 is 5.54. The molecule has 3 aromatic rings. The number of hydrogen-bond donors (Lipinski definition) is 3. The lowest BCUT2D eigenvalue weighted by atomic mass is 9.78. The van der Waals surface area contributed by atoms with E-state index in [9.17, 15) is 14.4 Å². The van der Waals surface area contributed by atoms with Gasteiger partial charge in [0.25, 0.3) is 5.91 Å². The molecule has 1 heterocycles. The first-order chi connectivity index (χ1) is 17.0. The number of nitrogens with zero attached hydrogens (tertiary/aromatic N) is 1. The molecule has 0 saturated heterocycles. The lowest BCUT2D eigenvalue weighted by Crippen LogP contribution is -2.45. The van der Waals surface area contributed by atoms with Gasteiger partial charge in [0.15, 0.2) is 0 Å². The van der Waals surface area contributed by atoms with Crippen molar-refractivity contribution in [2.75, 3.05) is 11.9 Å². The van der Waals surface area contributed by atoms with Gasteiger partial charge < -0.3 is 15.2 Å². The van der Waals surface area contributed by atoms with Crippen LogP contribution in [0, 0.1) is 5.92 Å². The molecule has 8 nitrogen and oxygen atoms in total. The smallest absolute Gasteiger partial charge is 0.412 e. The number of carboxylic acids is 1. The Balaban J connectivity index is 1.17. The van der Waals surface area contributed by atoms with Crippen molar-refractivity contribution in [3.63, 3.8) is 0 Å². The molecule has 5 rings (SSSR count). The lowest BCUT2D eigenvalue weighted by molar-refractivity contribution is -0.138. The fourth-order valence-electron chi connectivity index (χ4n) is 4.90. The second-order valence-electron chi connectivity index (χ2n) is 8.96. The maximum atomic E-state index is 12.5. The van der Waals surface area contributed by atoms with Crippen LogP contribution in [0.4, 0.5) is 10.6 Å². The van der Waals surface area contributed by atoms with Gasteiger partial charge in [-0.1, -0.05) is 54.6 Å². The number of hydrogen-bond acceptors (Lipinski definition) is 5. The number of anilines is 1. The van der Waals surface area contributed by atoms with Crippen molar-refractivity contribution in [2.24, 2.45) is 5.92 Å². The fraction of sp³-hybridized carbons (Fsp3) is 0.259. The number of carbonyl (C=O) groups excluding carboxylic acids is 2. The van der Waals surface area contributed by atoms with Crippen LogP contribution in [-0.2, 0) is 9.53 Å². The molecule has 8 heteroatoms. The number of aliphatic carboxylic acids is 1. The number of nitrogens with one attached hydrogen (secondary N) is 2. The molecule has 2 amide bonds. The van der Waals surface area contributed by atoms with E-state index in [1.807, 2.05) is 24.3 Å². The Labute approximate surface area is 202 Å². The number of amides is 2. The predicted molar refractivity (Wildman–Crippen MR) is 129 cm³/mol. The molecule has 35 heavy (non-hydrogen) atoms. The summed E-state index contributed by atoms with van der Waals surface area (Å²) in [5.41, 5.74) is 4.72. The van der Waals surface area contributed by atoms with E-state index in [-0.39, 0.29) is 48.3 Å². The summed E-state index contributed by atoms with van der Waals surface area (Å²) in [5.74, 6) is -0.932. The van der Waals surface area contributed by atoms with Crippen molar-refractivity contribution < 1.29 is 24.2 Å². The van der Waals surface area contributed by atoms with Crippen LogP contribution in [0.5, 0.6) is 0 Å². The zero-order valence-electron chi connectivity index (χ0n) is 18.9. The Morgan fingerprint density at radius 2 is 1.57 bits per heavy atom. The molecule has 0 bridgehead atoms. The third-order valence-electron chi connectivity index (χ3n) is 6.59. The number of fused-ring (bicyclic) bond motifs is 3. The molecule has 1 saturated carbocycles. The van der Waals surface area contributed by atoms with Gasteiger partial charge in [-0.05, 0) is 53.1 Å². The minimum atomic E-state index is -0.826. The topological polar surface area (TPSA) is 118 Å². The average molecular weight is 472 g/mol. The Kier molecular flexibility index (Phi) is 6.18. The molecule has 2 aromatic carbocycles. The Bertz CT molecular complexity index is 1240. The SMILES string of the molecule is O=C(O)CC1CC(NC(=O)c2cccc(NC(=O)OCC3c4ccccc4-c4ccccc43)n2)C1. The van der Waals surface area contributed by atoms with E-state index in [0.29, 0.717) is 12.8 Å². The average Bonchev–Trinajstić information content (AvgIpc) is 3.15. The van der Waals surface area contributed by atoms with Crippen molar-refractivity contribution in [3.8, 4) is 11.1 Å². The summed E-state index contributed by atoms with van der Waals surface area (Å²) in [7, 11) is 0. The second-order valence-corrected chi connectivity index (χ2v) is 8.96. The van der Waals surface area contributed by atoms with Gasteiger partial charge in [-0.25, -0.2) is 9.78 Å². The van der Waals surface area contributed by atoms with Gasteiger partial charge >= 0.3 is 12.1 Å². The quantitative estimate of drug-likeness (QED) is 0.469. The normalized spacial score (nSPS) is 18.1. The number of carbonyl (C=O) groups is 3. The van der Waals surface area contributed by atoms with Crippen LogP contribution in [0.15, 0.2) is 66.7 Å². The van der Waals surface area contributed by atoms with Gasteiger partial charge in [0.05, 0.1) is 0 Å². The molecule has 0 aliphatic heterocycles. The highest BCUT2D eigenvalue weighted by molar-refractivity contribution is 5.93. The Morgan fingerprint density at radius 3 is 2.23 bits per heavy atom. The predicted octanol–water partition coefficient (Wildman–Crippen LogP) is 4.43. The van der Waals surface area contributed by atoms with Crippen molar-refractivity contribution >= 4 is 23.8 Å². The van der Waals surface area contributed by atoms with Crippen LogP contribution in [0.2, 0.25) is 0 Å². The van der Waals surface area contributed by atoms with Crippen LogP contribution in [0.3, 0.4) is 0 Å². The highest BCUT2D eigenvalue weighted by Gasteiger charge is 2.32. The largest absolute Gasteiger partial charge is 0.481 e. The Hall–Kier alpha value is -4.20. The van der Waals surface area contributed by atoms with E-state index in [0.717, 1.165) is 22.3 Å². The second kappa shape index (κ2) is 9.58. The molecule has 0 spiro atoms. The van der Waals surface area contributed by atoms with Crippen molar-refractivity contribution in [2.45, 2.75) is 31.2 Å². The highest BCUT2D eigenvalue weighted by atomic mass is 16.5. The third-order valence-corrected chi connectivity index (χ3v) is 6.59. The van der Waals surface area contributed by atoms with Crippen LogP contribution in [-0.4, -0.2) is 40.7 Å². The fourth-order valence-corrected chi connectivity index (χ4v) is 4.90. The Morgan fingerprint density at radius 1 is 0.914 bits per heavy atom. The zero-order chi connectivity index (χ0) is 24.4. The van der Waals surface area contributed by atoms with E-state index in [1.54, 1.807) is 18.2 Å². The first kappa shape index (κ1) is 22.6. The zero-order valence-corrected chi connectivity index (χ0v) is 18.9. The number of carboxylic acid groups (broad SMARTS) is 1. The third kappa shape index (κ3) is 4.87. The van der Waals surface area contributed by atoms with Gasteiger partial charge in [0.2, 0.25) is 0 Å². The summed E-state index contributed by atoms with van der Waals surface area (Å²) in [6.07, 6.45) is 0.739. The van der Waals surface area contributed by atoms with Crippen molar-refractivity contribution in [1.82, 2.24) is 10.3 Å². The van der Waals surface area contributed by atoms with E-state index in [4.69, 9.17) is 9.84 Å². The summed E-state index contributed by atoms with van der Waals surface area (Å²) in [6.45, 7) is 0.180. The van der Waals surface area contributed by atoms with Crippen molar-refractivity contribution in [3.05, 3.63) is 83.6 Å². The molecular formula is C27H25N3O5. The van der Waals surface area contributed by atoms with Gasteiger partial charge in [-0.15, -0.1) is 0 Å². The molecule has 3 N–H and O–H groups in total. The number of aromatic nitrogens is 1. The van der Waals surface area contributed by atoms with E-state index >= 15 is 0 Å². The van der Waals surface area contributed by atoms with Crippen LogP contribution in [0.25, 0.3) is 11.1 Å². The summed E-state index contributed by atoms with van der Waals surface area (Å²) in [6, 6.07) is 20.9. The standard InChI is InChI=1S/C27H25N3O5/c31-25(32)14-16-12-17(13-16)28-26(33)23-10-5-11-24(29-23)30-27(34)35-15-22-20-8-3-1-6-18(20)19-7-2-4-9-21(19)22/h1-11,16-17,22H,12-15H2,(H,28,33)(H,31,32)(H,29,30,34). The maximum absolute atomic E-state index is 12.5. The minimum Gasteiger partial charge on any atom is -0.481 e. The number of pyridine rings is 1. The first-order valence-electron chi connectivity index (χ1n) is 11.6. The lowest BCUT2D eigenvalue weighted by Gasteiger charge is -2.34. The molecule has 2 aliphatic rings. The molecular weight excluding hydrogens is 446 g/mol. The van der Waals surface area contributed by atoms with Gasteiger partial charge in [-0.2, -0.15) is 0 Å². The molecule has 0 atom stereocenters. The number of rotatable bonds is 7. The first-order valence-corrected chi connectivity index (χ1v) is 11.6. The van der Waals surface area contributed by atoms with Gasteiger partial charge in [0.1, 0.15) is 18.1 Å². The summed E-state index contributed by atoms with van der Waals surface area (Å²) in [4.78, 5) is 40.0. The maximum Gasteiger partial charge on any atom is 0.412 e. The molecule has 1 aromatic heterocycles. The van der Waals surface area contributed by atoms with Crippen LogP contribution >= 0.6 is 0 Å². The van der Waals surface area contributed by atoms with E-state index in [2.05, 4.69) is 39.9 Å². The monoisotopic (exact) mass is 471 g/mol. The molecule has 0 radical (unpaired) electrons. The molecule has 0 unspecified atom stereocenters.